The van der Waals surface area contributed by atoms with Crippen LogP contribution in [0.2, 0.25) is 5.02 Å². The van der Waals surface area contributed by atoms with Crippen LogP contribution in [0.5, 0.6) is 0 Å². The Morgan fingerprint density at radius 3 is 2.50 bits per heavy atom. The molecule has 3 nitrogen and oxygen atoms in total. The van der Waals surface area contributed by atoms with Gasteiger partial charge in [-0.1, -0.05) is 31.5 Å². The Balaban J connectivity index is 2.37. The number of halogens is 1. The van der Waals surface area contributed by atoms with Gasteiger partial charge < -0.3 is 9.73 Å². The predicted molar refractivity (Wildman–Crippen MR) is 81.6 cm³/mol. The second kappa shape index (κ2) is 6.14. The molecule has 1 N–H and O–H groups in total. The number of anilines is 1. The van der Waals surface area contributed by atoms with Crippen molar-refractivity contribution in [3.8, 4) is 0 Å². The zero-order valence-electron chi connectivity index (χ0n) is 11.9. The van der Waals surface area contributed by atoms with Gasteiger partial charge in [-0.15, -0.1) is 0 Å². The van der Waals surface area contributed by atoms with Crippen LogP contribution in [0.1, 0.15) is 41.3 Å². The second-order valence-electron chi connectivity index (χ2n) is 4.63. The number of aryl methyl sites for hydroxylation is 2. The normalized spacial score (nSPS) is 10.6. The number of hydrogen-bond donors (Lipinski definition) is 1. The van der Waals surface area contributed by atoms with Crippen molar-refractivity contribution in [2.75, 3.05) is 5.32 Å². The maximum Gasteiger partial charge on any atom is 0.291 e. The maximum absolute atomic E-state index is 12.2. The Morgan fingerprint density at radius 1 is 1.20 bits per heavy atom. The second-order valence-corrected chi connectivity index (χ2v) is 5.04. The average Bonchev–Trinajstić information content (AvgIpc) is 2.86. The molecule has 0 unspecified atom stereocenters. The van der Waals surface area contributed by atoms with Gasteiger partial charge in [-0.3, -0.25) is 4.79 Å². The van der Waals surface area contributed by atoms with E-state index < -0.39 is 0 Å². The van der Waals surface area contributed by atoms with Gasteiger partial charge >= 0.3 is 0 Å². The summed E-state index contributed by atoms with van der Waals surface area (Å²) in [6.45, 7) is 5.88. The number of nitrogens with one attached hydrogen (secondary N) is 1. The molecule has 0 fully saturated rings. The van der Waals surface area contributed by atoms with E-state index in [4.69, 9.17) is 16.0 Å². The average molecular weight is 292 g/mol. The summed E-state index contributed by atoms with van der Waals surface area (Å²) < 4.78 is 5.35. The van der Waals surface area contributed by atoms with E-state index in [1.807, 2.05) is 26.0 Å². The van der Waals surface area contributed by atoms with Crippen LogP contribution in [0.25, 0.3) is 0 Å². The fraction of sp³-hybridized carbons (Fsp3) is 0.312. The van der Waals surface area contributed by atoms with Crippen LogP contribution in [0.15, 0.2) is 28.7 Å². The van der Waals surface area contributed by atoms with E-state index in [0.717, 1.165) is 29.7 Å². The summed E-state index contributed by atoms with van der Waals surface area (Å²) in [5, 5.41) is 3.61. The smallest absolute Gasteiger partial charge is 0.291 e. The lowest BCUT2D eigenvalue weighted by molar-refractivity contribution is 0.0995. The minimum absolute atomic E-state index is 0.246. The monoisotopic (exact) mass is 291 g/mol. The predicted octanol–water partition coefficient (Wildman–Crippen LogP) is 4.62. The molecule has 1 aromatic heterocycles. The molecule has 0 aliphatic carbocycles. The zero-order valence-corrected chi connectivity index (χ0v) is 12.7. The highest BCUT2D eigenvalue weighted by Gasteiger charge is 2.16. The van der Waals surface area contributed by atoms with Gasteiger partial charge in [0.1, 0.15) is 5.76 Å². The molecule has 1 amide bonds. The van der Waals surface area contributed by atoms with E-state index in [-0.39, 0.29) is 5.91 Å². The molecule has 0 radical (unpaired) electrons. The highest BCUT2D eigenvalue weighted by atomic mass is 35.5. The fourth-order valence-corrected chi connectivity index (χ4v) is 2.49. The molecule has 4 heteroatoms. The van der Waals surface area contributed by atoms with E-state index in [0.29, 0.717) is 16.5 Å². The van der Waals surface area contributed by atoms with Gasteiger partial charge in [-0.2, -0.15) is 0 Å². The lowest BCUT2D eigenvalue weighted by Gasteiger charge is -2.15. The van der Waals surface area contributed by atoms with Crippen LogP contribution < -0.4 is 5.32 Å². The minimum Gasteiger partial charge on any atom is -0.456 e. The van der Waals surface area contributed by atoms with Gasteiger partial charge in [-0.25, -0.2) is 0 Å². The van der Waals surface area contributed by atoms with Crippen LogP contribution in [0.4, 0.5) is 5.69 Å². The Labute approximate surface area is 123 Å². The van der Waals surface area contributed by atoms with Gasteiger partial charge in [0.25, 0.3) is 5.91 Å². The Hall–Kier alpha value is -1.74. The van der Waals surface area contributed by atoms with Crippen molar-refractivity contribution >= 4 is 23.2 Å². The van der Waals surface area contributed by atoms with Crippen molar-refractivity contribution in [2.24, 2.45) is 0 Å². The molecule has 1 aromatic carbocycles. The van der Waals surface area contributed by atoms with Gasteiger partial charge in [0.15, 0.2) is 5.76 Å². The molecule has 0 spiro atoms. The Bertz CT molecular complexity index is 631. The van der Waals surface area contributed by atoms with Crippen molar-refractivity contribution in [3.63, 3.8) is 0 Å². The van der Waals surface area contributed by atoms with Crippen molar-refractivity contribution in [1.82, 2.24) is 0 Å². The summed E-state index contributed by atoms with van der Waals surface area (Å²) in [6, 6.07) is 7.28. The van der Waals surface area contributed by atoms with Gasteiger partial charge in [-0.05, 0) is 49.1 Å². The van der Waals surface area contributed by atoms with Crippen molar-refractivity contribution in [2.45, 2.75) is 33.6 Å². The number of furan rings is 1. The zero-order chi connectivity index (χ0) is 14.7. The number of carbonyl (C=O) groups excluding carboxylic acids is 1. The van der Waals surface area contributed by atoms with Crippen molar-refractivity contribution < 1.29 is 9.21 Å². The van der Waals surface area contributed by atoms with E-state index in [2.05, 4.69) is 12.2 Å². The maximum atomic E-state index is 12.2. The molecular weight excluding hydrogens is 274 g/mol. The highest BCUT2D eigenvalue weighted by Crippen LogP contribution is 2.30. The first-order valence-corrected chi connectivity index (χ1v) is 7.12. The molecule has 2 aromatic rings. The number of rotatable bonds is 4. The topological polar surface area (TPSA) is 42.2 Å². The van der Waals surface area contributed by atoms with Crippen LogP contribution >= 0.6 is 11.6 Å². The summed E-state index contributed by atoms with van der Waals surface area (Å²) in [4.78, 5) is 12.2. The fourth-order valence-electron chi connectivity index (χ4n) is 2.20. The van der Waals surface area contributed by atoms with Crippen LogP contribution in [-0.2, 0) is 12.8 Å². The van der Waals surface area contributed by atoms with E-state index >= 15 is 0 Å². The van der Waals surface area contributed by atoms with Gasteiger partial charge in [0.05, 0.1) is 0 Å². The van der Waals surface area contributed by atoms with Gasteiger partial charge in [0.2, 0.25) is 0 Å². The molecular formula is C16H18ClNO2. The number of hydrogen-bond acceptors (Lipinski definition) is 2. The van der Waals surface area contributed by atoms with E-state index in [1.165, 1.54) is 0 Å². The summed E-state index contributed by atoms with van der Waals surface area (Å²) in [5.74, 6) is 0.782. The third-order valence-corrected chi connectivity index (χ3v) is 3.63. The first kappa shape index (κ1) is 14.7. The summed E-state index contributed by atoms with van der Waals surface area (Å²) >= 11 is 6.22. The molecule has 0 aliphatic heterocycles. The lowest BCUT2D eigenvalue weighted by atomic mass is 10.0. The molecule has 0 atom stereocenters. The number of benzene rings is 1. The molecule has 2 rings (SSSR count). The minimum atomic E-state index is -0.246. The van der Waals surface area contributed by atoms with Crippen LogP contribution in [0.3, 0.4) is 0 Å². The SMILES string of the molecule is CCc1ccc(Cl)c(CC)c1NC(=O)c1ccc(C)o1. The third kappa shape index (κ3) is 2.88. The van der Waals surface area contributed by atoms with Crippen LogP contribution in [0, 0.1) is 6.92 Å². The largest absolute Gasteiger partial charge is 0.456 e. The van der Waals surface area contributed by atoms with E-state index in [9.17, 15) is 4.79 Å². The molecule has 20 heavy (non-hydrogen) atoms. The Kier molecular flexibility index (Phi) is 4.50. The summed E-state index contributed by atoms with van der Waals surface area (Å²) in [5.41, 5.74) is 2.84. The lowest BCUT2D eigenvalue weighted by Crippen LogP contribution is -2.14. The van der Waals surface area contributed by atoms with Gasteiger partial charge in [0, 0.05) is 10.7 Å². The summed E-state index contributed by atoms with van der Waals surface area (Å²) in [7, 11) is 0. The molecule has 0 saturated carbocycles. The first-order chi connectivity index (χ1) is 9.56. The molecule has 106 valence electrons. The van der Waals surface area contributed by atoms with Crippen LogP contribution in [-0.4, -0.2) is 5.91 Å². The van der Waals surface area contributed by atoms with E-state index in [1.54, 1.807) is 12.1 Å². The summed E-state index contributed by atoms with van der Waals surface area (Å²) in [6.07, 6.45) is 1.59. The molecule has 0 bridgehead atoms. The van der Waals surface area contributed by atoms with Crippen molar-refractivity contribution in [1.29, 1.82) is 0 Å². The first-order valence-electron chi connectivity index (χ1n) is 6.74. The van der Waals surface area contributed by atoms with Crippen molar-refractivity contribution in [3.05, 3.63) is 51.9 Å². The molecule has 0 saturated heterocycles. The molecule has 1 heterocycles. The third-order valence-electron chi connectivity index (χ3n) is 3.28. The number of amides is 1. The number of carbonyl (C=O) groups is 1. The molecule has 0 aliphatic rings. The quantitative estimate of drug-likeness (QED) is 0.893. The standard InChI is InChI=1S/C16H18ClNO2/c1-4-11-7-8-13(17)12(5-2)15(11)18-16(19)14-9-6-10(3)20-14/h6-9H,4-5H2,1-3H3,(H,18,19). The Morgan fingerprint density at radius 2 is 1.95 bits per heavy atom. The highest BCUT2D eigenvalue weighted by molar-refractivity contribution is 6.32.